The molecule has 27 heavy (non-hydrogen) atoms. The number of benzene rings is 3. The van der Waals surface area contributed by atoms with Crippen LogP contribution in [0.5, 0.6) is 5.75 Å². The van der Waals surface area contributed by atoms with Crippen LogP contribution < -0.4 is 10.1 Å². The Morgan fingerprint density at radius 2 is 1.85 bits per heavy atom. The maximum atomic E-state index is 13.0. The minimum Gasteiger partial charge on any atom is -0.480 e. The van der Waals surface area contributed by atoms with Crippen LogP contribution in [-0.4, -0.2) is 12.0 Å². The van der Waals surface area contributed by atoms with Crippen LogP contribution in [0, 0.1) is 0 Å². The number of carbonyl (C=O) groups is 1. The van der Waals surface area contributed by atoms with E-state index < -0.39 is 6.10 Å². The smallest absolute Gasteiger partial charge is 0.261 e. The van der Waals surface area contributed by atoms with Gasteiger partial charge in [-0.2, -0.15) is 0 Å². The molecular weight excluding hydrogens is 334 g/mol. The van der Waals surface area contributed by atoms with Gasteiger partial charge < -0.3 is 10.1 Å². The van der Waals surface area contributed by atoms with Crippen molar-refractivity contribution in [2.24, 2.45) is 0 Å². The van der Waals surface area contributed by atoms with Crippen molar-refractivity contribution in [3.63, 3.8) is 0 Å². The fourth-order valence-electron chi connectivity index (χ4n) is 3.94. The van der Waals surface area contributed by atoms with Crippen LogP contribution in [-0.2, 0) is 11.2 Å². The van der Waals surface area contributed by atoms with Crippen LogP contribution in [0.25, 0.3) is 10.8 Å². The number of fused-ring (bicyclic) bond motifs is 2. The molecule has 3 heteroatoms. The molecule has 2 atom stereocenters. The largest absolute Gasteiger partial charge is 0.480 e. The molecule has 0 saturated carbocycles. The molecule has 0 aromatic heterocycles. The predicted octanol–water partition coefficient (Wildman–Crippen LogP) is 5.19. The van der Waals surface area contributed by atoms with Gasteiger partial charge in [-0.15, -0.1) is 0 Å². The zero-order valence-corrected chi connectivity index (χ0v) is 15.7. The van der Waals surface area contributed by atoms with Gasteiger partial charge in [-0.05, 0) is 48.3 Å². The molecule has 1 aliphatic carbocycles. The van der Waals surface area contributed by atoms with Crippen LogP contribution in [0.2, 0.25) is 0 Å². The highest BCUT2D eigenvalue weighted by atomic mass is 16.5. The average Bonchev–Trinajstić information content (AvgIpc) is 2.72. The number of aryl methyl sites for hydroxylation is 1. The van der Waals surface area contributed by atoms with E-state index in [-0.39, 0.29) is 11.9 Å². The van der Waals surface area contributed by atoms with Crippen molar-refractivity contribution >= 4 is 16.7 Å². The first-order chi connectivity index (χ1) is 13.3. The zero-order valence-electron chi connectivity index (χ0n) is 15.7. The van der Waals surface area contributed by atoms with Crippen molar-refractivity contribution in [2.75, 3.05) is 0 Å². The van der Waals surface area contributed by atoms with Gasteiger partial charge in [-0.3, -0.25) is 4.79 Å². The van der Waals surface area contributed by atoms with Gasteiger partial charge in [0.05, 0.1) is 6.04 Å². The van der Waals surface area contributed by atoms with Gasteiger partial charge in [0, 0.05) is 5.39 Å². The molecule has 1 N–H and O–H groups in total. The van der Waals surface area contributed by atoms with E-state index in [1.54, 1.807) is 0 Å². The summed E-state index contributed by atoms with van der Waals surface area (Å²) in [6.45, 7) is 1.99. The normalized spacial score (nSPS) is 17.1. The number of rotatable bonds is 5. The standard InChI is InChI=1S/C24H25NO2/c1-2-22(27-23-16-8-12-18-10-4-6-14-20(18)23)24(26)25-21-15-7-11-17-9-3-5-13-19(17)21/h3-6,8-10,12-14,16,21-22H,2,7,11,15H2,1H3,(H,25,26). The molecule has 0 bridgehead atoms. The Morgan fingerprint density at radius 3 is 2.74 bits per heavy atom. The van der Waals surface area contributed by atoms with Gasteiger partial charge in [-0.25, -0.2) is 0 Å². The summed E-state index contributed by atoms with van der Waals surface area (Å²) in [4.78, 5) is 13.0. The summed E-state index contributed by atoms with van der Waals surface area (Å²) in [7, 11) is 0. The van der Waals surface area contributed by atoms with Gasteiger partial charge in [0.2, 0.25) is 0 Å². The number of nitrogens with one attached hydrogen (secondary N) is 1. The Kier molecular flexibility index (Phi) is 5.10. The molecule has 3 aromatic rings. The second-order valence-corrected chi connectivity index (χ2v) is 7.14. The molecule has 0 radical (unpaired) electrons. The molecule has 4 rings (SSSR count). The van der Waals surface area contributed by atoms with Crippen LogP contribution in [0.15, 0.2) is 66.7 Å². The second-order valence-electron chi connectivity index (χ2n) is 7.14. The molecule has 3 aromatic carbocycles. The van der Waals surface area contributed by atoms with Gasteiger partial charge in [0.25, 0.3) is 5.91 Å². The third-order valence-corrected chi connectivity index (χ3v) is 5.37. The van der Waals surface area contributed by atoms with Gasteiger partial charge in [0.15, 0.2) is 6.10 Å². The topological polar surface area (TPSA) is 38.3 Å². The molecule has 0 saturated heterocycles. The molecule has 1 aliphatic rings. The quantitative estimate of drug-likeness (QED) is 0.681. The van der Waals surface area contributed by atoms with Crippen molar-refractivity contribution in [1.82, 2.24) is 5.32 Å². The van der Waals surface area contributed by atoms with E-state index in [2.05, 4.69) is 35.6 Å². The number of hydrogen-bond acceptors (Lipinski definition) is 2. The summed E-state index contributed by atoms with van der Waals surface area (Å²) in [5, 5.41) is 5.38. The monoisotopic (exact) mass is 359 g/mol. The van der Waals surface area contributed by atoms with E-state index in [0.717, 1.165) is 35.8 Å². The maximum absolute atomic E-state index is 13.0. The second kappa shape index (κ2) is 7.83. The van der Waals surface area contributed by atoms with E-state index >= 15 is 0 Å². The van der Waals surface area contributed by atoms with E-state index in [0.29, 0.717) is 6.42 Å². The Hall–Kier alpha value is -2.81. The SMILES string of the molecule is CCC(Oc1cccc2ccccc12)C(=O)NC1CCCc2ccccc21. The summed E-state index contributed by atoms with van der Waals surface area (Å²) in [5.41, 5.74) is 2.59. The van der Waals surface area contributed by atoms with E-state index in [4.69, 9.17) is 4.74 Å². The van der Waals surface area contributed by atoms with Crippen LogP contribution in [0.3, 0.4) is 0 Å². The lowest BCUT2D eigenvalue weighted by atomic mass is 9.87. The zero-order chi connectivity index (χ0) is 18.6. The van der Waals surface area contributed by atoms with Crippen molar-refractivity contribution < 1.29 is 9.53 Å². The maximum Gasteiger partial charge on any atom is 0.261 e. The van der Waals surface area contributed by atoms with Crippen molar-refractivity contribution in [3.8, 4) is 5.75 Å². The van der Waals surface area contributed by atoms with Crippen molar-refractivity contribution in [3.05, 3.63) is 77.9 Å². The summed E-state index contributed by atoms with van der Waals surface area (Å²) >= 11 is 0. The lowest BCUT2D eigenvalue weighted by Crippen LogP contribution is -2.41. The molecule has 0 heterocycles. The molecule has 2 unspecified atom stereocenters. The van der Waals surface area contributed by atoms with Crippen molar-refractivity contribution in [2.45, 2.75) is 44.8 Å². The molecule has 0 fully saturated rings. The fourth-order valence-corrected chi connectivity index (χ4v) is 3.94. The summed E-state index contributed by atoms with van der Waals surface area (Å²) in [6.07, 6.45) is 3.30. The first-order valence-corrected chi connectivity index (χ1v) is 9.79. The number of hydrogen-bond donors (Lipinski definition) is 1. The third-order valence-electron chi connectivity index (χ3n) is 5.37. The van der Waals surface area contributed by atoms with Gasteiger partial charge >= 0.3 is 0 Å². The van der Waals surface area contributed by atoms with Crippen molar-refractivity contribution in [1.29, 1.82) is 0 Å². The first kappa shape index (κ1) is 17.6. The predicted molar refractivity (Wildman–Crippen MR) is 109 cm³/mol. The number of carbonyl (C=O) groups excluding carboxylic acids is 1. The minimum atomic E-state index is -0.495. The first-order valence-electron chi connectivity index (χ1n) is 9.79. The Morgan fingerprint density at radius 1 is 1.07 bits per heavy atom. The lowest BCUT2D eigenvalue weighted by molar-refractivity contribution is -0.129. The highest BCUT2D eigenvalue weighted by Crippen LogP contribution is 2.30. The fraction of sp³-hybridized carbons (Fsp3) is 0.292. The third kappa shape index (κ3) is 3.68. The Labute approximate surface area is 160 Å². The van der Waals surface area contributed by atoms with E-state index in [9.17, 15) is 4.79 Å². The molecule has 0 spiro atoms. The Bertz CT molecular complexity index is 945. The highest BCUT2D eigenvalue weighted by molar-refractivity contribution is 5.89. The van der Waals surface area contributed by atoms with Crippen LogP contribution in [0.4, 0.5) is 0 Å². The summed E-state index contributed by atoms with van der Waals surface area (Å²) < 4.78 is 6.16. The Balaban J connectivity index is 1.52. The molecule has 138 valence electrons. The summed E-state index contributed by atoms with van der Waals surface area (Å²) in [5.74, 6) is 0.728. The highest BCUT2D eigenvalue weighted by Gasteiger charge is 2.26. The summed E-state index contributed by atoms with van der Waals surface area (Å²) in [6, 6.07) is 22.6. The average molecular weight is 359 g/mol. The molecule has 1 amide bonds. The molecule has 3 nitrogen and oxygen atoms in total. The van der Waals surface area contributed by atoms with Gasteiger partial charge in [-0.1, -0.05) is 67.6 Å². The van der Waals surface area contributed by atoms with E-state index in [1.807, 2.05) is 43.3 Å². The number of ether oxygens (including phenoxy) is 1. The van der Waals surface area contributed by atoms with Gasteiger partial charge in [0.1, 0.15) is 5.75 Å². The number of amides is 1. The van der Waals surface area contributed by atoms with E-state index in [1.165, 1.54) is 11.1 Å². The minimum absolute atomic E-state index is 0.0351. The molecular formula is C24H25NO2. The van der Waals surface area contributed by atoms with Crippen LogP contribution >= 0.6 is 0 Å². The molecule has 0 aliphatic heterocycles. The van der Waals surface area contributed by atoms with Crippen LogP contribution in [0.1, 0.15) is 43.4 Å². The lowest BCUT2D eigenvalue weighted by Gasteiger charge is -2.28.